The first-order valence-corrected chi connectivity index (χ1v) is 8.36. The fourth-order valence-electron chi connectivity index (χ4n) is 1.76. The Hall–Kier alpha value is -1.51. The number of hydrogen-bond donors (Lipinski definition) is 1. The lowest BCUT2D eigenvalue weighted by atomic mass is 10.3. The lowest BCUT2D eigenvalue weighted by Crippen LogP contribution is -2.27. The normalized spacial score (nSPS) is 13.3. The number of alkyl halides is 2. The molecule has 0 amide bonds. The van der Waals surface area contributed by atoms with Crippen molar-refractivity contribution in [1.29, 1.82) is 0 Å². The second-order valence-corrected chi connectivity index (χ2v) is 6.85. The molecule has 4 nitrogen and oxygen atoms in total. The largest absolute Gasteiger partial charge is 0.433 e. The molecular weight excluding hydrogens is 320 g/mol. The van der Waals surface area contributed by atoms with E-state index in [-0.39, 0.29) is 10.6 Å². The maximum Gasteiger partial charge on any atom is 0.387 e. The Morgan fingerprint density at radius 2 is 1.90 bits per heavy atom. The third-order valence-corrected chi connectivity index (χ3v) is 5.29. The zero-order valence-electron chi connectivity index (χ0n) is 11.0. The molecular formula is C13H13F2NO3S2. The maximum atomic E-state index is 12.3. The van der Waals surface area contributed by atoms with Crippen LogP contribution in [0.1, 0.15) is 17.8 Å². The molecule has 0 spiro atoms. The monoisotopic (exact) mass is 333 g/mol. The van der Waals surface area contributed by atoms with E-state index in [0.717, 1.165) is 4.88 Å². The molecule has 0 aliphatic rings. The van der Waals surface area contributed by atoms with E-state index < -0.39 is 22.7 Å². The Morgan fingerprint density at radius 3 is 2.52 bits per heavy atom. The van der Waals surface area contributed by atoms with Gasteiger partial charge in [0, 0.05) is 4.88 Å². The summed E-state index contributed by atoms with van der Waals surface area (Å²) >= 11 is 1.40. The van der Waals surface area contributed by atoms with Crippen molar-refractivity contribution in [1.82, 2.24) is 4.72 Å². The summed E-state index contributed by atoms with van der Waals surface area (Å²) in [5.74, 6) is -0.377. The summed E-state index contributed by atoms with van der Waals surface area (Å²) in [4.78, 5) is 0.513. The molecule has 0 unspecified atom stereocenters. The predicted molar refractivity (Wildman–Crippen MR) is 76.1 cm³/mol. The highest BCUT2D eigenvalue weighted by atomic mass is 32.2. The number of para-hydroxylation sites is 1. The Labute approximate surface area is 125 Å². The summed E-state index contributed by atoms with van der Waals surface area (Å²) in [5.41, 5.74) is 0. The van der Waals surface area contributed by atoms with Gasteiger partial charge in [-0.2, -0.15) is 8.78 Å². The van der Waals surface area contributed by atoms with Gasteiger partial charge in [-0.3, -0.25) is 0 Å². The van der Waals surface area contributed by atoms with Crippen LogP contribution in [0.2, 0.25) is 0 Å². The number of sulfonamides is 1. The highest BCUT2D eigenvalue weighted by Crippen LogP contribution is 2.27. The van der Waals surface area contributed by atoms with E-state index in [4.69, 9.17) is 0 Å². The molecule has 1 N–H and O–H groups in total. The minimum Gasteiger partial charge on any atom is -0.433 e. The van der Waals surface area contributed by atoms with Crippen molar-refractivity contribution in [3.63, 3.8) is 0 Å². The van der Waals surface area contributed by atoms with E-state index in [0.29, 0.717) is 0 Å². The van der Waals surface area contributed by atoms with Gasteiger partial charge >= 0.3 is 6.61 Å². The summed E-state index contributed by atoms with van der Waals surface area (Å²) in [6.07, 6.45) is 0. The van der Waals surface area contributed by atoms with E-state index in [1.807, 2.05) is 5.38 Å². The van der Waals surface area contributed by atoms with Crippen molar-refractivity contribution < 1.29 is 21.9 Å². The predicted octanol–water partition coefficient (Wildman–Crippen LogP) is 3.39. The second-order valence-electron chi connectivity index (χ2n) is 4.18. The van der Waals surface area contributed by atoms with Crippen LogP contribution in [0.4, 0.5) is 8.78 Å². The second kappa shape index (κ2) is 6.50. The molecule has 8 heteroatoms. The van der Waals surface area contributed by atoms with E-state index in [1.54, 1.807) is 19.1 Å². The van der Waals surface area contributed by atoms with Gasteiger partial charge in [0.05, 0.1) is 6.04 Å². The minimum absolute atomic E-state index is 0.311. The van der Waals surface area contributed by atoms with Crippen LogP contribution in [0.5, 0.6) is 5.75 Å². The first kappa shape index (κ1) is 15.9. The SMILES string of the molecule is C[C@@H](NS(=O)(=O)c1ccccc1OC(F)F)c1cccs1. The number of thiophene rings is 1. The molecule has 2 aromatic rings. The van der Waals surface area contributed by atoms with Crippen molar-refractivity contribution in [3.8, 4) is 5.75 Å². The quantitative estimate of drug-likeness (QED) is 0.881. The maximum absolute atomic E-state index is 12.3. The lowest BCUT2D eigenvalue weighted by Gasteiger charge is -2.15. The molecule has 2 rings (SSSR count). The average Bonchev–Trinajstić information content (AvgIpc) is 2.91. The van der Waals surface area contributed by atoms with Crippen LogP contribution in [-0.2, 0) is 10.0 Å². The molecule has 0 bridgehead atoms. The van der Waals surface area contributed by atoms with Gasteiger partial charge in [0.15, 0.2) is 0 Å². The van der Waals surface area contributed by atoms with Gasteiger partial charge in [0.2, 0.25) is 10.0 Å². The average molecular weight is 333 g/mol. The van der Waals surface area contributed by atoms with Crippen molar-refractivity contribution in [3.05, 3.63) is 46.7 Å². The Kier molecular flexibility index (Phi) is 4.92. The summed E-state index contributed by atoms with van der Waals surface area (Å²) in [6, 6.07) is 8.42. The zero-order chi connectivity index (χ0) is 15.5. The molecule has 0 aliphatic carbocycles. The van der Waals surface area contributed by atoms with Crippen molar-refractivity contribution in [2.24, 2.45) is 0 Å². The number of rotatable bonds is 6. The molecule has 0 aliphatic heterocycles. The fourth-order valence-corrected chi connectivity index (χ4v) is 3.92. The molecule has 114 valence electrons. The lowest BCUT2D eigenvalue weighted by molar-refractivity contribution is -0.0517. The first-order valence-electron chi connectivity index (χ1n) is 6.00. The van der Waals surface area contributed by atoms with Crippen LogP contribution in [0.15, 0.2) is 46.7 Å². The molecule has 0 fully saturated rings. The third-order valence-electron chi connectivity index (χ3n) is 2.66. The van der Waals surface area contributed by atoms with Gasteiger partial charge < -0.3 is 4.74 Å². The van der Waals surface area contributed by atoms with Crippen molar-refractivity contribution in [2.45, 2.75) is 24.5 Å². The van der Waals surface area contributed by atoms with E-state index in [2.05, 4.69) is 9.46 Å². The van der Waals surface area contributed by atoms with Gasteiger partial charge in [-0.1, -0.05) is 18.2 Å². The van der Waals surface area contributed by atoms with Crippen LogP contribution >= 0.6 is 11.3 Å². The highest BCUT2D eigenvalue weighted by Gasteiger charge is 2.23. The molecule has 1 aromatic carbocycles. The number of halogens is 2. The standard InChI is InChI=1S/C13H13F2NO3S2/c1-9(11-6-4-8-20-11)16-21(17,18)12-7-3-2-5-10(12)19-13(14)15/h2-9,13,16H,1H3/t9-/m1/s1. The Balaban J connectivity index is 2.27. The van der Waals surface area contributed by atoms with Gasteiger partial charge in [-0.25, -0.2) is 13.1 Å². The van der Waals surface area contributed by atoms with E-state index >= 15 is 0 Å². The fraction of sp³-hybridized carbons (Fsp3) is 0.231. The smallest absolute Gasteiger partial charge is 0.387 e. The van der Waals surface area contributed by atoms with Crippen LogP contribution in [-0.4, -0.2) is 15.0 Å². The Bertz CT molecular complexity index is 687. The van der Waals surface area contributed by atoms with E-state index in [9.17, 15) is 17.2 Å². The van der Waals surface area contributed by atoms with Gasteiger partial charge in [0.1, 0.15) is 10.6 Å². The minimum atomic E-state index is -3.96. The number of benzene rings is 1. The summed E-state index contributed by atoms with van der Waals surface area (Å²) in [7, 11) is -3.96. The Morgan fingerprint density at radius 1 is 1.19 bits per heavy atom. The molecule has 0 radical (unpaired) electrons. The first-order chi connectivity index (χ1) is 9.90. The van der Waals surface area contributed by atoms with Crippen molar-refractivity contribution in [2.75, 3.05) is 0 Å². The van der Waals surface area contributed by atoms with Crippen LogP contribution in [0.3, 0.4) is 0 Å². The summed E-state index contributed by atoms with van der Waals surface area (Å²) < 4.78 is 56.0. The van der Waals surface area contributed by atoms with E-state index in [1.165, 1.54) is 35.6 Å². The number of hydrogen-bond acceptors (Lipinski definition) is 4. The molecule has 21 heavy (non-hydrogen) atoms. The van der Waals surface area contributed by atoms with Gasteiger partial charge in [0.25, 0.3) is 0 Å². The number of ether oxygens (including phenoxy) is 1. The van der Waals surface area contributed by atoms with Gasteiger partial charge in [-0.15, -0.1) is 11.3 Å². The number of nitrogens with one attached hydrogen (secondary N) is 1. The summed E-state index contributed by atoms with van der Waals surface area (Å²) in [5, 5.41) is 1.83. The topological polar surface area (TPSA) is 55.4 Å². The highest BCUT2D eigenvalue weighted by molar-refractivity contribution is 7.89. The molecule has 1 atom stereocenters. The summed E-state index contributed by atoms with van der Waals surface area (Å²) in [6.45, 7) is -1.41. The third kappa shape index (κ3) is 3.99. The molecule has 1 heterocycles. The molecule has 1 aromatic heterocycles. The van der Waals surface area contributed by atoms with Crippen LogP contribution in [0, 0.1) is 0 Å². The molecule has 0 saturated heterocycles. The van der Waals surface area contributed by atoms with Crippen molar-refractivity contribution >= 4 is 21.4 Å². The van der Waals surface area contributed by atoms with Gasteiger partial charge in [-0.05, 0) is 30.5 Å². The van der Waals surface area contributed by atoms with Crippen LogP contribution in [0.25, 0.3) is 0 Å². The van der Waals surface area contributed by atoms with Crippen LogP contribution < -0.4 is 9.46 Å². The molecule has 0 saturated carbocycles. The zero-order valence-corrected chi connectivity index (χ0v) is 12.6.